The van der Waals surface area contributed by atoms with Crippen LogP contribution in [0.1, 0.15) is 6.42 Å². The van der Waals surface area contributed by atoms with Gasteiger partial charge in [0.05, 0.1) is 36.9 Å². The van der Waals surface area contributed by atoms with Crippen molar-refractivity contribution in [3.8, 4) is 22.8 Å². The van der Waals surface area contributed by atoms with Crippen molar-refractivity contribution < 1.29 is 9.47 Å². The molecule has 0 spiro atoms. The minimum atomic E-state index is 0.488. The van der Waals surface area contributed by atoms with Gasteiger partial charge in [-0.05, 0) is 37.2 Å². The molecule has 3 aromatic rings. The van der Waals surface area contributed by atoms with Gasteiger partial charge in [-0.15, -0.1) is 0 Å². The van der Waals surface area contributed by atoms with Crippen molar-refractivity contribution >= 4 is 23.1 Å². The molecule has 4 N–H and O–H groups in total. The van der Waals surface area contributed by atoms with Gasteiger partial charge in [-0.3, -0.25) is 10.1 Å². The Hall–Kier alpha value is -2.77. The fraction of sp³-hybridized carbons (Fsp3) is 0.222. The summed E-state index contributed by atoms with van der Waals surface area (Å²) in [6, 6.07) is 9.12. The fourth-order valence-corrected chi connectivity index (χ4v) is 2.66. The highest BCUT2D eigenvalue weighted by Gasteiger charge is 2.17. The summed E-state index contributed by atoms with van der Waals surface area (Å²) < 4.78 is 11.3. The number of H-pyrrole nitrogens is 1. The van der Waals surface area contributed by atoms with Crippen molar-refractivity contribution in [2.45, 2.75) is 6.42 Å². The number of aromatic amines is 1. The molecule has 0 amide bonds. The van der Waals surface area contributed by atoms with Crippen molar-refractivity contribution in [3.05, 3.63) is 47.7 Å². The number of benzene rings is 1. The molecule has 1 aromatic carbocycles. The topological polar surface area (TPSA) is 98.1 Å². The zero-order valence-electron chi connectivity index (χ0n) is 14.3. The summed E-state index contributed by atoms with van der Waals surface area (Å²) >= 11 is 6.18. The minimum absolute atomic E-state index is 0.488. The lowest BCUT2D eigenvalue weighted by atomic mass is 10.1. The molecule has 0 saturated heterocycles. The van der Waals surface area contributed by atoms with Crippen LogP contribution in [0.2, 0.25) is 5.02 Å². The van der Waals surface area contributed by atoms with Crippen LogP contribution >= 0.6 is 11.6 Å². The highest BCUT2D eigenvalue weighted by molar-refractivity contribution is 6.31. The maximum atomic E-state index is 6.18. The number of pyridine rings is 1. The van der Waals surface area contributed by atoms with E-state index in [1.165, 1.54) is 0 Å². The number of hydrogen-bond acceptors (Lipinski definition) is 6. The molecule has 26 heavy (non-hydrogen) atoms. The summed E-state index contributed by atoms with van der Waals surface area (Å²) in [6.07, 6.45) is 4.17. The molecular formula is C18H20ClN5O2. The predicted octanol–water partition coefficient (Wildman–Crippen LogP) is 3.60. The Balaban J connectivity index is 1.92. The summed E-state index contributed by atoms with van der Waals surface area (Å²) in [6.45, 7) is 1.04. The second-order valence-corrected chi connectivity index (χ2v) is 5.94. The predicted molar refractivity (Wildman–Crippen MR) is 102 cm³/mol. The van der Waals surface area contributed by atoms with Crippen molar-refractivity contribution in [3.63, 3.8) is 0 Å². The summed E-state index contributed by atoms with van der Waals surface area (Å²) in [5.41, 5.74) is 7.88. The molecule has 0 bridgehead atoms. The highest BCUT2D eigenvalue weighted by Crippen LogP contribution is 2.41. The number of hydrogen-bond donors (Lipinski definition) is 3. The first-order valence-corrected chi connectivity index (χ1v) is 8.52. The maximum absolute atomic E-state index is 6.18. The number of anilines is 2. The molecule has 0 saturated carbocycles. The second kappa shape index (κ2) is 8.55. The average molecular weight is 374 g/mol. The SMILES string of the molecule is COc1cc(Cl)cc(OCCCN)c1-c1cc(Nc2cccnc2)n[nH]1. The van der Waals surface area contributed by atoms with E-state index in [-0.39, 0.29) is 0 Å². The van der Waals surface area contributed by atoms with E-state index in [2.05, 4.69) is 20.5 Å². The number of nitrogens with one attached hydrogen (secondary N) is 2. The van der Waals surface area contributed by atoms with Gasteiger partial charge in [-0.2, -0.15) is 5.10 Å². The number of nitrogens with two attached hydrogens (primary N) is 1. The molecule has 2 heterocycles. The zero-order valence-corrected chi connectivity index (χ0v) is 15.1. The Kier molecular flexibility index (Phi) is 5.93. The number of methoxy groups -OCH3 is 1. The molecule has 7 nitrogen and oxygen atoms in total. The third-order valence-electron chi connectivity index (χ3n) is 3.64. The van der Waals surface area contributed by atoms with Crippen LogP contribution < -0.4 is 20.5 Å². The van der Waals surface area contributed by atoms with Crippen LogP contribution in [-0.2, 0) is 0 Å². The molecule has 0 unspecified atom stereocenters. The molecule has 0 radical (unpaired) electrons. The highest BCUT2D eigenvalue weighted by atomic mass is 35.5. The number of halogens is 1. The van der Waals surface area contributed by atoms with Crippen LogP contribution in [0.15, 0.2) is 42.7 Å². The standard InChI is InChI=1S/C18H20ClN5O2/c1-25-15-8-12(19)9-16(26-7-3-5-20)18(15)14-10-17(24-23-14)22-13-4-2-6-21-11-13/h2,4,6,8-11H,3,5,7,20H2,1H3,(H2,22,23,24). The summed E-state index contributed by atoms with van der Waals surface area (Å²) in [5, 5.41) is 11.0. The Morgan fingerprint density at radius 3 is 2.85 bits per heavy atom. The Bertz CT molecular complexity index is 854. The largest absolute Gasteiger partial charge is 0.496 e. The van der Waals surface area contributed by atoms with Crippen molar-refractivity contribution in [1.82, 2.24) is 15.2 Å². The van der Waals surface area contributed by atoms with Gasteiger partial charge in [0.1, 0.15) is 11.5 Å². The molecular weight excluding hydrogens is 354 g/mol. The Morgan fingerprint density at radius 1 is 1.27 bits per heavy atom. The fourth-order valence-electron chi connectivity index (χ4n) is 2.46. The molecule has 136 valence electrons. The van der Waals surface area contributed by atoms with E-state index < -0.39 is 0 Å². The molecule has 0 aliphatic heterocycles. The zero-order chi connectivity index (χ0) is 18.4. The van der Waals surface area contributed by atoms with Crippen molar-refractivity contribution in [1.29, 1.82) is 0 Å². The Morgan fingerprint density at radius 2 is 2.12 bits per heavy atom. The molecule has 0 aliphatic rings. The molecule has 0 fully saturated rings. The van der Waals surface area contributed by atoms with E-state index in [1.807, 2.05) is 18.2 Å². The lowest BCUT2D eigenvalue weighted by Crippen LogP contribution is -2.07. The molecule has 3 rings (SSSR count). The van der Waals surface area contributed by atoms with Gasteiger partial charge < -0.3 is 20.5 Å². The van der Waals surface area contributed by atoms with Gasteiger partial charge in [0, 0.05) is 17.3 Å². The van der Waals surface area contributed by atoms with E-state index in [9.17, 15) is 0 Å². The van der Waals surface area contributed by atoms with Crippen molar-refractivity contribution in [2.24, 2.45) is 5.73 Å². The lowest BCUT2D eigenvalue weighted by Gasteiger charge is -2.14. The van der Waals surface area contributed by atoms with Crippen LogP contribution in [0, 0.1) is 0 Å². The van der Waals surface area contributed by atoms with Gasteiger partial charge in [-0.1, -0.05) is 11.6 Å². The molecule has 0 atom stereocenters. The van der Waals surface area contributed by atoms with Gasteiger partial charge in [0.2, 0.25) is 0 Å². The third kappa shape index (κ3) is 4.25. The maximum Gasteiger partial charge on any atom is 0.152 e. The first kappa shape index (κ1) is 18.0. The molecule has 2 aromatic heterocycles. The average Bonchev–Trinajstić information content (AvgIpc) is 3.10. The quantitative estimate of drug-likeness (QED) is 0.522. The van der Waals surface area contributed by atoms with Crippen LogP contribution in [0.25, 0.3) is 11.3 Å². The summed E-state index contributed by atoms with van der Waals surface area (Å²) in [4.78, 5) is 4.07. The van der Waals surface area contributed by atoms with Crippen molar-refractivity contribution in [2.75, 3.05) is 25.6 Å². The van der Waals surface area contributed by atoms with Gasteiger partial charge in [-0.25, -0.2) is 0 Å². The Labute approximate surface area is 156 Å². The smallest absolute Gasteiger partial charge is 0.152 e. The minimum Gasteiger partial charge on any atom is -0.496 e. The number of aromatic nitrogens is 3. The lowest BCUT2D eigenvalue weighted by molar-refractivity contribution is 0.312. The first-order chi connectivity index (χ1) is 12.7. The summed E-state index contributed by atoms with van der Waals surface area (Å²) in [7, 11) is 1.59. The number of nitrogens with zero attached hydrogens (tertiary/aromatic N) is 2. The number of ether oxygens (including phenoxy) is 2. The normalized spacial score (nSPS) is 10.6. The van der Waals surface area contributed by atoms with E-state index in [0.717, 1.165) is 23.4 Å². The van der Waals surface area contributed by atoms with Gasteiger partial charge in [0.25, 0.3) is 0 Å². The number of rotatable bonds is 8. The molecule has 8 heteroatoms. The van der Waals surface area contributed by atoms with Crippen LogP contribution in [0.4, 0.5) is 11.5 Å². The monoisotopic (exact) mass is 373 g/mol. The molecule has 0 aliphatic carbocycles. The van der Waals surface area contributed by atoms with Gasteiger partial charge in [0.15, 0.2) is 5.82 Å². The second-order valence-electron chi connectivity index (χ2n) is 5.51. The third-order valence-corrected chi connectivity index (χ3v) is 3.86. The van der Waals surface area contributed by atoms with Gasteiger partial charge >= 0.3 is 0 Å². The van der Waals surface area contributed by atoms with E-state index in [1.54, 1.807) is 31.6 Å². The summed E-state index contributed by atoms with van der Waals surface area (Å²) in [5.74, 6) is 1.86. The van der Waals surface area contributed by atoms with Crippen LogP contribution in [0.3, 0.4) is 0 Å². The van der Waals surface area contributed by atoms with Crippen LogP contribution in [0.5, 0.6) is 11.5 Å². The first-order valence-electron chi connectivity index (χ1n) is 8.14. The van der Waals surface area contributed by atoms with E-state index in [0.29, 0.717) is 35.5 Å². The van der Waals surface area contributed by atoms with E-state index >= 15 is 0 Å². The van der Waals surface area contributed by atoms with Crippen LogP contribution in [-0.4, -0.2) is 35.4 Å². The van der Waals surface area contributed by atoms with E-state index in [4.69, 9.17) is 26.8 Å².